The maximum absolute atomic E-state index is 10.6. The van der Waals surface area contributed by atoms with Crippen LogP contribution >= 0.6 is 11.6 Å². The highest BCUT2D eigenvalue weighted by atomic mass is 35.5. The smallest absolute Gasteiger partial charge is 0.335 e. The molecule has 1 aromatic carbocycles. The molecule has 0 aliphatic rings. The summed E-state index contributed by atoms with van der Waals surface area (Å²) < 4.78 is 5.16. The van der Waals surface area contributed by atoms with Gasteiger partial charge in [0.2, 0.25) is 0 Å². The minimum Gasteiger partial charge on any atom is -0.488 e. The maximum atomic E-state index is 10.6. The molecule has 0 amide bonds. The van der Waals surface area contributed by atoms with E-state index in [4.69, 9.17) is 21.4 Å². The Bertz CT molecular complexity index is 360. The Morgan fingerprint density at radius 2 is 2.29 bits per heavy atom. The van der Waals surface area contributed by atoms with Crippen molar-refractivity contribution in [2.75, 3.05) is 6.61 Å². The van der Waals surface area contributed by atoms with Gasteiger partial charge in [-0.1, -0.05) is 24.2 Å². The number of carbonyl (C=O) groups is 1. The van der Waals surface area contributed by atoms with E-state index in [0.717, 1.165) is 0 Å². The van der Waals surface area contributed by atoms with Crippen molar-refractivity contribution < 1.29 is 14.6 Å². The molecule has 0 radical (unpaired) electrons. The van der Waals surface area contributed by atoms with Crippen LogP contribution in [0.25, 0.3) is 0 Å². The molecule has 14 heavy (non-hydrogen) atoms. The van der Waals surface area contributed by atoms with Gasteiger partial charge < -0.3 is 9.84 Å². The summed E-state index contributed by atoms with van der Waals surface area (Å²) in [7, 11) is 0. The number of ether oxygens (including phenoxy) is 1. The topological polar surface area (TPSA) is 46.5 Å². The van der Waals surface area contributed by atoms with Gasteiger partial charge in [-0.25, -0.2) is 4.79 Å². The first-order valence-electron chi connectivity index (χ1n) is 3.89. The van der Waals surface area contributed by atoms with Crippen LogP contribution in [0, 0.1) is 0 Å². The van der Waals surface area contributed by atoms with Crippen molar-refractivity contribution in [1.82, 2.24) is 0 Å². The molecule has 0 unspecified atom stereocenters. The first-order chi connectivity index (χ1) is 6.59. The highest BCUT2D eigenvalue weighted by Crippen LogP contribution is 2.14. The zero-order valence-electron chi connectivity index (χ0n) is 7.37. The predicted octanol–water partition coefficient (Wildman–Crippen LogP) is 2.52. The molecule has 0 aromatic heterocycles. The molecule has 0 heterocycles. The highest BCUT2D eigenvalue weighted by Gasteiger charge is 2.03. The monoisotopic (exact) mass is 212 g/mol. The zero-order chi connectivity index (χ0) is 10.6. The number of hydrogen-bond donors (Lipinski definition) is 1. The third-order valence-corrected chi connectivity index (χ3v) is 1.59. The zero-order valence-corrected chi connectivity index (χ0v) is 8.12. The number of aromatic carboxylic acids is 1. The average molecular weight is 213 g/mol. The Morgan fingerprint density at radius 1 is 1.57 bits per heavy atom. The van der Waals surface area contributed by atoms with E-state index >= 15 is 0 Å². The number of halogens is 1. The third kappa shape index (κ3) is 3.11. The van der Waals surface area contributed by atoms with E-state index in [9.17, 15) is 4.79 Å². The molecule has 0 saturated heterocycles. The molecule has 0 aliphatic carbocycles. The SMILES string of the molecule is C=C(Cl)COc1cccc(C(=O)O)c1. The highest BCUT2D eigenvalue weighted by molar-refractivity contribution is 6.29. The average Bonchev–Trinajstić information content (AvgIpc) is 2.15. The van der Waals surface area contributed by atoms with Crippen LogP contribution in [-0.2, 0) is 0 Å². The largest absolute Gasteiger partial charge is 0.488 e. The Morgan fingerprint density at radius 3 is 2.86 bits per heavy atom. The molecule has 0 atom stereocenters. The summed E-state index contributed by atoms with van der Waals surface area (Å²) in [5.41, 5.74) is 0.183. The second-order valence-electron chi connectivity index (χ2n) is 2.64. The Labute approximate surface area is 86.6 Å². The molecule has 3 nitrogen and oxygen atoms in total. The number of rotatable bonds is 4. The fourth-order valence-corrected chi connectivity index (χ4v) is 0.935. The van der Waals surface area contributed by atoms with Gasteiger partial charge in [0.05, 0.1) is 5.56 Å². The van der Waals surface area contributed by atoms with Gasteiger partial charge in [-0.3, -0.25) is 0 Å². The lowest BCUT2D eigenvalue weighted by Gasteiger charge is -2.04. The molecule has 74 valence electrons. The van der Waals surface area contributed by atoms with Crippen LogP contribution in [-0.4, -0.2) is 17.7 Å². The Kier molecular flexibility index (Phi) is 3.54. The molecular weight excluding hydrogens is 204 g/mol. The standard InChI is InChI=1S/C10H9ClO3/c1-7(11)6-14-9-4-2-3-8(5-9)10(12)13/h2-5H,1,6H2,(H,12,13). The van der Waals surface area contributed by atoms with Gasteiger partial charge in [-0.15, -0.1) is 0 Å². The third-order valence-electron chi connectivity index (χ3n) is 1.48. The Hall–Kier alpha value is -1.48. The van der Waals surface area contributed by atoms with Gasteiger partial charge >= 0.3 is 5.97 Å². The fourth-order valence-electron chi connectivity index (χ4n) is 0.881. The van der Waals surface area contributed by atoms with Crippen molar-refractivity contribution in [3.63, 3.8) is 0 Å². The Balaban J connectivity index is 2.73. The van der Waals surface area contributed by atoms with Crippen LogP contribution in [0.15, 0.2) is 35.9 Å². The first-order valence-corrected chi connectivity index (χ1v) is 4.27. The second-order valence-corrected chi connectivity index (χ2v) is 3.17. The van der Waals surface area contributed by atoms with Crippen LogP contribution in [0.5, 0.6) is 5.75 Å². The van der Waals surface area contributed by atoms with Crippen LogP contribution < -0.4 is 4.74 Å². The normalized spacial score (nSPS) is 9.50. The summed E-state index contributed by atoms with van der Waals surface area (Å²) in [4.78, 5) is 10.6. The first kappa shape index (κ1) is 10.6. The molecule has 0 bridgehead atoms. The van der Waals surface area contributed by atoms with Gasteiger partial charge in [0.1, 0.15) is 12.4 Å². The lowest BCUT2D eigenvalue weighted by Crippen LogP contribution is -1.99. The van der Waals surface area contributed by atoms with Crippen LogP contribution in [0.2, 0.25) is 0 Å². The summed E-state index contributed by atoms with van der Waals surface area (Å²) in [5, 5.41) is 9.05. The van der Waals surface area contributed by atoms with E-state index in [1.165, 1.54) is 12.1 Å². The van der Waals surface area contributed by atoms with Crippen molar-refractivity contribution in [2.45, 2.75) is 0 Å². The molecule has 1 aromatic rings. The second kappa shape index (κ2) is 4.67. The molecule has 0 spiro atoms. The van der Waals surface area contributed by atoms with Gasteiger partial charge in [-0.2, -0.15) is 0 Å². The molecule has 1 rings (SSSR count). The van der Waals surface area contributed by atoms with Crippen molar-refractivity contribution in [3.8, 4) is 5.75 Å². The molecule has 0 fully saturated rings. The summed E-state index contributed by atoms with van der Waals surface area (Å²) >= 11 is 5.49. The van der Waals surface area contributed by atoms with E-state index in [2.05, 4.69) is 6.58 Å². The summed E-state index contributed by atoms with van der Waals surface area (Å²) in [5.74, 6) is -0.521. The van der Waals surface area contributed by atoms with Crippen LogP contribution in [0.3, 0.4) is 0 Å². The quantitative estimate of drug-likeness (QED) is 0.834. The van der Waals surface area contributed by atoms with E-state index in [1.807, 2.05) is 0 Å². The van der Waals surface area contributed by atoms with Gasteiger partial charge in [-0.05, 0) is 18.2 Å². The number of carboxylic acid groups (broad SMARTS) is 1. The summed E-state index contributed by atoms with van der Waals surface area (Å²) in [6.45, 7) is 3.62. The summed E-state index contributed by atoms with van der Waals surface area (Å²) in [6.07, 6.45) is 0. The van der Waals surface area contributed by atoms with E-state index in [1.54, 1.807) is 12.1 Å². The maximum Gasteiger partial charge on any atom is 0.335 e. The van der Waals surface area contributed by atoms with Gasteiger partial charge in [0.25, 0.3) is 0 Å². The summed E-state index contributed by atoms with van der Waals surface area (Å²) in [6, 6.07) is 6.19. The fraction of sp³-hybridized carbons (Fsp3) is 0.100. The lowest BCUT2D eigenvalue weighted by atomic mass is 10.2. The number of benzene rings is 1. The van der Waals surface area contributed by atoms with Crippen molar-refractivity contribution in [1.29, 1.82) is 0 Å². The number of hydrogen-bond acceptors (Lipinski definition) is 2. The molecule has 4 heteroatoms. The van der Waals surface area contributed by atoms with Crippen LogP contribution in [0.1, 0.15) is 10.4 Å². The minimum atomic E-state index is -0.986. The molecule has 0 saturated carbocycles. The van der Waals surface area contributed by atoms with Crippen LogP contribution in [0.4, 0.5) is 0 Å². The van der Waals surface area contributed by atoms with Gasteiger partial charge in [0, 0.05) is 5.03 Å². The van der Waals surface area contributed by atoms with Crippen molar-refractivity contribution in [3.05, 3.63) is 41.4 Å². The van der Waals surface area contributed by atoms with E-state index < -0.39 is 5.97 Å². The van der Waals surface area contributed by atoms with Gasteiger partial charge in [0.15, 0.2) is 0 Å². The lowest BCUT2D eigenvalue weighted by molar-refractivity contribution is 0.0696. The molecule has 0 aliphatic heterocycles. The van der Waals surface area contributed by atoms with E-state index in [0.29, 0.717) is 10.8 Å². The van der Waals surface area contributed by atoms with Crippen molar-refractivity contribution in [2.24, 2.45) is 0 Å². The number of carboxylic acids is 1. The predicted molar refractivity (Wildman–Crippen MR) is 53.9 cm³/mol. The molecule has 1 N–H and O–H groups in total. The minimum absolute atomic E-state index is 0.171. The molecular formula is C10H9ClO3. The van der Waals surface area contributed by atoms with Crippen molar-refractivity contribution >= 4 is 17.6 Å². The van der Waals surface area contributed by atoms with E-state index in [-0.39, 0.29) is 12.2 Å².